The number of nitrogens with zero attached hydrogens (tertiary/aromatic N) is 2. The van der Waals surface area contributed by atoms with Crippen molar-refractivity contribution in [1.82, 2.24) is 4.98 Å². The average Bonchev–Trinajstić information content (AvgIpc) is 2.99. The molecule has 1 aromatic rings. The van der Waals surface area contributed by atoms with Gasteiger partial charge in [0.1, 0.15) is 11.9 Å². The third-order valence-electron chi connectivity index (χ3n) is 5.15. The number of aryl methyl sites for hydroxylation is 2. The van der Waals surface area contributed by atoms with Gasteiger partial charge in [-0.05, 0) is 56.1 Å². The first-order valence-electron chi connectivity index (χ1n) is 8.51. The Bertz CT molecular complexity index is 538. The summed E-state index contributed by atoms with van der Waals surface area (Å²) >= 11 is 0. The minimum atomic E-state index is 0.462. The minimum absolute atomic E-state index is 0.462. The molecule has 1 fully saturated rings. The smallest absolute Gasteiger partial charge is 0.144 e. The molecule has 112 valence electrons. The van der Waals surface area contributed by atoms with E-state index in [1.54, 1.807) is 0 Å². The molecule has 3 heteroatoms. The molecule has 1 unspecified atom stereocenters. The number of aromatic nitrogens is 1. The Kier molecular flexibility index (Phi) is 4.43. The molecule has 0 radical (unpaired) electrons. The van der Waals surface area contributed by atoms with Gasteiger partial charge in [0.15, 0.2) is 0 Å². The van der Waals surface area contributed by atoms with Crippen LogP contribution in [0.1, 0.15) is 68.7 Å². The summed E-state index contributed by atoms with van der Waals surface area (Å²) in [5.41, 5.74) is 3.21. The van der Waals surface area contributed by atoms with Gasteiger partial charge in [0, 0.05) is 11.7 Å². The topological polar surface area (TPSA) is 48.7 Å². The van der Waals surface area contributed by atoms with Crippen LogP contribution >= 0.6 is 0 Å². The van der Waals surface area contributed by atoms with Crippen molar-refractivity contribution in [3.05, 3.63) is 22.9 Å². The van der Waals surface area contributed by atoms with E-state index in [1.165, 1.54) is 49.8 Å². The first kappa shape index (κ1) is 14.4. The molecule has 0 spiro atoms. The molecule has 2 aliphatic rings. The van der Waals surface area contributed by atoms with E-state index in [9.17, 15) is 5.26 Å². The van der Waals surface area contributed by atoms with Crippen molar-refractivity contribution in [3.8, 4) is 6.07 Å². The van der Waals surface area contributed by atoms with Gasteiger partial charge in [-0.2, -0.15) is 5.26 Å². The Morgan fingerprint density at radius 3 is 2.81 bits per heavy atom. The molecule has 0 amide bonds. The van der Waals surface area contributed by atoms with Gasteiger partial charge in [0.2, 0.25) is 0 Å². The molecule has 1 atom stereocenters. The van der Waals surface area contributed by atoms with Gasteiger partial charge in [-0.3, -0.25) is 0 Å². The maximum atomic E-state index is 9.42. The van der Waals surface area contributed by atoms with Crippen LogP contribution in [0.5, 0.6) is 0 Å². The Balaban J connectivity index is 1.81. The van der Waals surface area contributed by atoms with Crippen LogP contribution in [0.2, 0.25) is 0 Å². The quantitative estimate of drug-likeness (QED) is 0.900. The molecule has 1 saturated carbocycles. The summed E-state index contributed by atoms with van der Waals surface area (Å²) in [7, 11) is 0. The number of hydrogen-bond acceptors (Lipinski definition) is 3. The molecule has 0 aromatic carbocycles. The van der Waals surface area contributed by atoms with E-state index in [1.807, 2.05) is 0 Å². The summed E-state index contributed by atoms with van der Waals surface area (Å²) in [6, 6.07) is 4.86. The molecule has 21 heavy (non-hydrogen) atoms. The van der Waals surface area contributed by atoms with Crippen LogP contribution in [-0.2, 0) is 12.8 Å². The third kappa shape index (κ3) is 3.05. The Labute approximate surface area is 127 Å². The van der Waals surface area contributed by atoms with Crippen LogP contribution in [0, 0.1) is 17.2 Å². The van der Waals surface area contributed by atoms with Gasteiger partial charge >= 0.3 is 0 Å². The SMILES string of the molecule is CCC(Nc1nc2c(cc1C#N)CCC2)C1CCCCC1. The van der Waals surface area contributed by atoms with Crippen molar-refractivity contribution in [2.75, 3.05) is 5.32 Å². The summed E-state index contributed by atoms with van der Waals surface area (Å²) in [4.78, 5) is 4.77. The van der Waals surface area contributed by atoms with Gasteiger partial charge in [-0.15, -0.1) is 0 Å². The number of fused-ring (bicyclic) bond motifs is 1. The highest BCUT2D eigenvalue weighted by molar-refractivity contribution is 5.55. The lowest BCUT2D eigenvalue weighted by molar-refractivity contribution is 0.312. The molecule has 0 aliphatic heterocycles. The van der Waals surface area contributed by atoms with E-state index in [2.05, 4.69) is 24.4 Å². The zero-order valence-corrected chi connectivity index (χ0v) is 13.0. The standard InChI is InChI=1S/C18H25N3/c1-2-16(13-7-4-3-5-8-13)20-18-15(12-19)11-14-9-6-10-17(14)21-18/h11,13,16H,2-10H2,1H3,(H,20,21). The molecular formula is C18H25N3. The average molecular weight is 283 g/mol. The maximum absolute atomic E-state index is 9.42. The minimum Gasteiger partial charge on any atom is -0.366 e. The molecule has 1 aromatic heterocycles. The fraction of sp³-hybridized carbons (Fsp3) is 0.667. The summed E-state index contributed by atoms with van der Waals surface area (Å²) in [6.07, 6.45) is 11.2. The van der Waals surface area contributed by atoms with E-state index in [-0.39, 0.29) is 0 Å². The van der Waals surface area contributed by atoms with Crippen molar-refractivity contribution in [3.63, 3.8) is 0 Å². The number of pyridine rings is 1. The number of rotatable bonds is 4. The second-order valence-corrected chi connectivity index (χ2v) is 6.51. The third-order valence-corrected chi connectivity index (χ3v) is 5.15. The highest BCUT2D eigenvalue weighted by atomic mass is 15.0. The van der Waals surface area contributed by atoms with E-state index in [0.717, 1.165) is 36.6 Å². The lowest BCUT2D eigenvalue weighted by atomic mass is 9.83. The van der Waals surface area contributed by atoms with E-state index in [0.29, 0.717) is 6.04 Å². The van der Waals surface area contributed by atoms with E-state index in [4.69, 9.17) is 4.98 Å². The van der Waals surface area contributed by atoms with Crippen molar-refractivity contribution in [1.29, 1.82) is 5.26 Å². The fourth-order valence-electron chi connectivity index (χ4n) is 3.93. The predicted octanol–water partition coefficient (Wildman–Crippen LogP) is 4.21. The Morgan fingerprint density at radius 1 is 1.29 bits per heavy atom. The Morgan fingerprint density at radius 2 is 2.10 bits per heavy atom. The molecule has 0 saturated heterocycles. The number of nitrogens with one attached hydrogen (secondary N) is 1. The van der Waals surface area contributed by atoms with Crippen LogP contribution in [-0.4, -0.2) is 11.0 Å². The number of hydrogen-bond donors (Lipinski definition) is 1. The van der Waals surface area contributed by atoms with Crippen molar-refractivity contribution >= 4 is 5.82 Å². The number of nitriles is 1. The van der Waals surface area contributed by atoms with E-state index < -0.39 is 0 Å². The van der Waals surface area contributed by atoms with Crippen LogP contribution in [0.15, 0.2) is 6.07 Å². The first-order chi connectivity index (χ1) is 10.3. The molecule has 1 N–H and O–H groups in total. The molecule has 2 aliphatic carbocycles. The van der Waals surface area contributed by atoms with E-state index >= 15 is 0 Å². The number of anilines is 1. The molecule has 3 nitrogen and oxygen atoms in total. The lowest BCUT2D eigenvalue weighted by Gasteiger charge is -2.31. The summed E-state index contributed by atoms with van der Waals surface area (Å²) in [5.74, 6) is 1.57. The predicted molar refractivity (Wildman–Crippen MR) is 85.3 cm³/mol. The maximum Gasteiger partial charge on any atom is 0.144 e. The Hall–Kier alpha value is -1.56. The highest BCUT2D eigenvalue weighted by Crippen LogP contribution is 2.31. The molecule has 1 heterocycles. The zero-order valence-electron chi connectivity index (χ0n) is 13.0. The van der Waals surface area contributed by atoms with Crippen molar-refractivity contribution in [2.45, 2.75) is 70.8 Å². The molecule has 0 bridgehead atoms. The zero-order chi connectivity index (χ0) is 14.7. The fourth-order valence-corrected chi connectivity index (χ4v) is 3.93. The van der Waals surface area contributed by atoms with Crippen molar-refractivity contribution in [2.24, 2.45) is 5.92 Å². The van der Waals surface area contributed by atoms with Gasteiger partial charge in [-0.1, -0.05) is 26.2 Å². The summed E-state index contributed by atoms with van der Waals surface area (Å²) in [5, 5.41) is 13.0. The second-order valence-electron chi connectivity index (χ2n) is 6.51. The summed E-state index contributed by atoms with van der Waals surface area (Å²) < 4.78 is 0. The second kappa shape index (κ2) is 6.47. The highest BCUT2D eigenvalue weighted by Gasteiger charge is 2.24. The van der Waals surface area contributed by atoms with Gasteiger partial charge in [0.05, 0.1) is 5.56 Å². The summed E-state index contributed by atoms with van der Waals surface area (Å²) in [6.45, 7) is 2.24. The van der Waals surface area contributed by atoms with Crippen molar-refractivity contribution < 1.29 is 0 Å². The normalized spacial score (nSPS) is 19.8. The monoisotopic (exact) mass is 283 g/mol. The van der Waals surface area contributed by atoms with Crippen LogP contribution in [0.3, 0.4) is 0 Å². The molecular weight excluding hydrogens is 258 g/mol. The lowest BCUT2D eigenvalue weighted by Crippen LogP contribution is -2.31. The first-order valence-corrected chi connectivity index (χ1v) is 8.51. The van der Waals surface area contributed by atoms with Crippen LogP contribution in [0.4, 0.5) is 5.82 Å². The van der Waals surface area contributed by atoms with Gasteiger partial charge < -0.3 is 5.32 Å². The van der Waals surface area contributed by atoms with Gasteiger partial charge in [0.25, 0.3) is 0 Å². The largest absolute Gasteiger partial charge is 0.366 e. The van der Waals surface area contributed by atoms with Gasteiger partial charge in [-0.25, -0.2) is 4.98 Å². The van der Waals surface area contributed by atoms with Crippen LogP contribution < -0.4 is 5.32 Å². The van der Waals surface area contributed by atoms with Crippen LogP contribution in [0.25, 0.3) is 0 Å². The molecule has 3 rings (SSSR count).